The summed E-state index contributed by atoms with van der Waals surface area (Å²) >= 11 is 0. The summed E-state index contributed by atoms with van der Waals surface area (Å²) < 4.78 is 4.95. The number of unbranched alkanes of at least 4 members (excludes halogenated alkanes) is 3. The molecule has 2 amide bonds. The Morgan fingerprint density at radius 2 is 1.87 bits per heavy atom. The van der Waals surface area contributed by atoms with Gasteiger partial charge in [-0.1, -0.05) is 38.3 Å². The lowest BCUT2D eigenvalue weighted by Gasteiger charge is -2.11. The molecule has 5 nitrogen and oxygen atoms in total. The topological polar surface area (TPSA) is 67.4 Å². The van der Waals surface area contributed by atoms with Crippen LogP contribution in [0.2, 0.25) is 0 Å². The smallest absolute Gasteiger partial charge is 0.253 e. The number of carbonyl (C=O) groups excluding carboxylic acids is 2. The van der Waals surface area contributed by atoms with Crippen molar-refractivity contribution in [2.75, 3.05) is 25.6 Å². The van der Waals surface area contributed by atoms with Crippen molar-refractivity contribution in [3.63, 3.8) is 0 Å². The van der Waals surface area contributed by atoms with E-state index in [1.165, 1.54) is 0 Å². The summed E-state index contributed by atoms with van der Waals surface area (Å²) in [6.45, 7) is 3.30. The second kappa shape index (κ2) is 11.7. The van der Waals surface area contributed by atoms with Crippen LogP contribution in [0.4, 0.5) is 5.69 Å². The molecular weight excluding hydrogens is 292 g/mol. The number of rotatable bonds is 11. The van der Waals surface area contributed by atoms with Crippen molar-refractivity contribution in [3.05, 3.63) is 29.8 Å². The van der Waals surface area contributed by atoms with Crippen molar-refractivity contribution >= 4 is 17.5 Å². The molecule has 0 bridgehead atoms. The summed E-state index contributed by atoms with van der Waals surface area (Å²) in [6, 6.07) is 7.09. The van der Waals surface area contributed by atoms with E-state index in [9.17, 15) is 9.59 Å². The first-order valence-corrected chi connectivity index (χ1v) is 8.35. The van der Waals surface area contributed by atoms with Gasteiger partial charge >= 0.3 is 0 Å². The van der Waals surface area contributed by atoms with Crippen molar-refractivity contribution in [2.45, 2.75) is 45.4 Å². The number of hydrogen-bond donors (Lipinski definition) is 2. The molecule has 23 heavy (non-hydrogen) atoms. The third-order valence-corrected chi connectivity index (χ3v) is 3.51. The molecular formula is C18H28N2O3. The average molecular weight is 320 g/mol. The van der Waals surface area contributed by atoms with Crippen molar-refractivity contribution in [2.24, 2.45) is 0 Å². The predicted octanol–water partition coefficient (Wildman–Crippen LogP) is 3.36. The average Bonchev–Trinajstić information content (AvgIpc) is 2.56. The first-order chi connectivity index (χ1) is 11.2. The van der Waals surface area contributed by atoms with Crippen molar-refractivity contribution in [3.8, 4) is 0 Å². The second-order valence-corrected chi connectivity index (χ2v) is 5.51. The molecule has 0 aliphatic carbocycles. The van der Waals surface area contributed by atoms with Gasteiger partial charge in [0.15, 0.2) is 0 Å². The van der Waals surface area contributed by atoms with Gasteiger partial charge in [0.2, 0.25) is 5.91 Å². The minimum atomic E-state index is -0.178. The lowest BCUT2D eigenvalue weighted by Crippen LogP contribution is -2.26. The maximum absolute atomic E-state index is 12.2. The zero-order chi connectivity index (χ0) is 16.9. The number of anilines is 1. The highest BCUT2D eigenvalue weighted by Gasteiger charge is 2.12. The minimum Gasteiger partial charge on any atom is -0.385 e. The Balaban J connectivity index is 2.52. The lowest BCUT2D eigenvalue weighted by atomic mass is 10.1. The highest BCUT2D eigenvalue weighted by atomic mass is 16.5. The Morgan fingerprint density at radius 1 is 1.09 bits per heavy atom. The van der Waals surface area contributed by atoms with Crippen molar-refractivity contribution in [1.29, 1.82) is 0 Å². The number of carbonyl (C=O) groups is 2. The van der Waals surface area contributed by atoms with Crippen molar-refractivity contribution in [1.82, 2.24) is 5.32 Å². The standard InChI is InChI=1S/C18H28N2O3/c1-3-4-5-6-12-17(21)20-16-11-8-7-10-15(16)18(22)19-13-9-14-23-2/h7-8,10-11H,3-6,9,12-14H2,1-2H3,(H,19,22)(H,20,21). The first kappa shape index (κ1) is 19.2. The van der Waals surface area contributed by atoms with Gasteiger partial charge in [0.05, 0.1) is 11.3 Å². The fraction of sp³-hybridized carbons (Fsp3) is 0.556. The predicted molar refractivity (Wildman–Crippen MR) is 92.7 cm³/mol. The fourth-order valence-electron chi connectivity index (χ4n) is 2.23. The van der Waals surface area contributed by atoms with E-state index in [0.717, 1.165) is 32.1 Å². The molecule has 1 rings (SSSR count). The molecule has 0 aliphatic heterocycles. The maximum atomic E-state index is 12.2. The van der Waals surface area contributed by atoms with E-state index in [1.54, 1.807) is 25.3 Å². The Bertz CT molecular complexity index is 489. The van der Waals surface area contributed by atoms with E-state index < -0.39 is 0 Å². The van der Waals surface area contributed by atoms with E-state index in [-0.39, 0.29) is 11.8 Å². The molecule has 0 radical (unpaired) electrons. The van der Waals surface area contributed by atoms with Gasteiger partial charge in [0.1, 0.15) is 0 Å². The highest BCUT2D eigenvalue weighted by Crippen LogP contribution is 2.16. The summed E-state index contributed by atoms with van der Waals surface area (Å²) in [6.07, 6.45) is 5.48. The molecule has 0 aromatic heterocycles. The Labute approximate surface area is 138 Å². The molecule has 0 aliphatic rings. The Kier molecular flexibility index (Phi) is 9.71. The molecule has 1 aromatic rings. The Morgan fingerprint density at radius 3 is 2.61 bits per heavy atom. The Hall–Kier alpha value is -1.88. The van der Waals surface area contributed by atoms with E-state index in [4.69, 9.17) is 4.74 Å². The zero-order valence-electron chi connectivity index (χ0n) is 14.2. The quantitative estimate of drug-likeness (QED) is 0.614. The van der Waals surface area contributed by atoms with Crippen LogP contribution < -0.4 is 10.6 Å². The van der Waals surface area contributed by atoms with Crippen LogP contribution in [0.5, 0.6) is 0 Å². The van der Waals surface area contributed by atoms with Crippen LogP contribution in [-0.4, -0.2) is 32.1 Å². The third kappa shape index (κ3) is 7.79. The van der Waals surface area contributed by atoms with Gasteiger partial charge in [-0.2, -0.15) is 0 Å². The molecule has 128 valence electrons. The summed E-state index contributed by atoms with van der Waals surface area (Å²) in [5.41, 5.74) is 1.06. The lowest BCUT2D eigenvalue weighted by molar-refractivity contribution is -0.116. The number of amides is 2. The molecule has 0 atom stereocenters. The molecule has 0 fully saturated rings. The zero-order valence-corrected chi connectivity index (χ0v) is 14.2. The SMILES string of the molecule is CCCCCCC(=O)Nc1ccccc1C(=O)NCCCOC. The number of para-hydroxylation sites is 1. The molecule has 0 unspecified atom stereocenters. The van der Waals surface area contributed by atoms with Gasteiger partial charge < -0.3 is 15.4 Å². The third-order valence-electron chi connectivity index (χ3n) is 3.51. The van der Waals surface area contributed by atoms with Gasteiger partial charge in [-0.25, -0.2) is 0 Å². The van der Waals surface area contributed by atoms with Gasteiger partial charge in [0, 0.05) is 26.7 Å². The number of ether oxygens (including phenoxy) is 1. The molecule has 5 heteroatoms. The van der Waals surface area contributed by atoms with Gasteiger partial charge in [-0.15, -0.1) is 0 Å². The highest BCUT2D eigenvalue weighted by molar-refractivity contribution is 6.03. The molecule has 0 saturated heterocycles. The molecule has 0 saturated carbocycles. The van der Waals surface area contributed by atoms with Gasteiger partial charge in [-0.3, -0.25) is 9.59 Å². The van der Waals surface area contributed by atoms with Crippen LogP contribution >= 0.6 is 0 Å². The second-order valence-electron chi connectivity index (χ2n) is 5.51. The minimum absolute atomic E-state index is 0.0410. The van der Waals surface area contributed by atoms with Gasteiger partial charge in [0.25, 0.3) is 5.91 Å². The van der Waals surface area contributed by atoms with E-state index in [1.807, 2.05) is 6.07 Å². The number of hydrogen-bond acceptors (Lipinski definition) is 3. The monoisotopic (exact) mass is 320 g/mol. The summed E-state index contributed by atoms with van der Waals surface area (Å²) in [5.74, 6) is -0.219. The normalized spacial score (nSPS) is 10.3. The first-order valence-electron chi connectivity index (χ1n) is 8.35. The largest absolute Gasteiger partial charge is 0.385 e. The molecule has 1 aromatic carbocycles. The number of methoxy groups -OCH3 is 1. The van der Waals surface area contributed by atoms with Crippen LogP contribution in [0.15, 0.2) is 24.3 Å². The summed E-state index contributed by atoms with van der Waals surface area (Å²) in [7, 11) is 1.63. The van der Waals surface area contributed by atoms with Crippen LogP contribution in [0, 0.1) is 0 Å². The number of nitrogens with one attached hydrogen (secondary N) is 2. The molecule has 0 heterocycles. The van der Waals surface area contributed by atoms with Gasteiger partial charge in [-0.05, 0) is 25.0 Å². The van der Waals surface area contributed by atoms with Crippen molar-refractivity contribution < 1.29 is 14.3 Å². The summed E-state index contributed by atoms with van der Waals surface area (Å²) in [5, 5.41) is 5.68. The van der Waals surface area contributed by atoms with Crippen LogP contribution in [0.25, 0.3) is 0 Å². The molecule has 0 spiro atoms. The fourth-order valence-corrected chi connectivity index (χ4v) is 2.23. The summed E-state index contributed by atoms with van der Waals surface area (Å²) in [4.78, 5) is 24.2. The van der Waals surface area contributed by atoms with Crippen LogP contribution in [0.3, 0.4) is 0 Å². The van der Waals surface area contributed by atoms with Crippen LogP contribution in [0.1, 0.15) is 55.8 Å². The van der Waals surface area contributed by atoms with E-state index in [2.05, 4.69) is 17.6 Å². The van der Waals surface area contributed by atoms with E-state index in [0.29, 0.717) is 30.8 Å². The van der Waals surface area contributed by atoms with E-state index >= 15 is 0 Å². The van der Waals surface area contributed by atoms with Crippen LogP contribution in [-0.2, 0) is 9.53 Å². The number of benzene rings is 1. The maximum Gasteiger partial charge on any atom is 0.253 e. The molecule has 2 N–H and O–H groups in total.